The fourth-order valence-corrected chi connectivity index (χ4v) is 4.40. The molecule has 1 saturated heterocycles. The fraction of sp³-hybridized carbons (Fsp3) is 0.400. The highest BCUT2D eigenvalue weighted by Gasteiger charge is 2.21. The summed E-state index contributed by atoms with van der Waals surface area (Å²) in [6.45, 7) is 2.02. The standard InChI is InChI=1S/C25H29N3O3/c29-24(30)15-19-6-7-20-10-11-23(16-22(20)14-19)27-25(31)21-8-4-18(5-9-21)17-26-28-12-2-1-3-13-28/h4-5,8-11,16-17,19H,1-3,6-7,12-15H2,(H,27,31)(H,29,30). The van der Waals surface area contributed by atoms with Crippen LogP contribution in [0.15, 0.2) is 47.6 Å². The molecule has 0 bridgehead atoms. The number of aliphatic carboxylic acids is 1. The monoisotopic (exact) mass is 419 g/mol. The lowest BCUT2D eigenvalue weighted by molar-refractivity contribution is -0.138. The van der Waals surface area contributed by atoms with Gasteiger partial charge in [-0.2, -0.15) is 5.10 Å². The van der Waals surface area contributed by atoms with Crippen LogP contribution in [0.25, 0.3) is 0 Å². The van der Waals surface area contributed by atoms with E-state index in [2.05, 4.69) is 15.4 Å². The molecule has 1 fully saturated rings. The van der Waals surface area contributed by atoms with Crippen LogP contribution >= 0.6 is 0 Å². The Hall–Kier alpha value is -3.15. The first-order valence-electron chi connectivity index (χ1n) is 11.1. The average molecular weight is 420 g/mol. The van der Waals surface area contributed by atoms with E-state index in [1.807, 2.05) is 48.7 Å². The maximum Gasteiger partial charge on any atom is 0.303 e. The number of aryl methyl sites for hydroxylation is 1. The third-order valence-corrected chi connectivity index (χ3v) is 6.13. The summed E-state index contributed by atoms with van der Waals surface area (Å²) in [5, 5.41) is 18.7. The van der Waals surface area contributed by atoms with E-state index in [0.29, 0.717) is 5.56 Å². The van der Waals surface area contributed by atoms with Crippen LogP contribution in [0.1, 0.15) is 59.2 Å². The molecule has 162 valence electrons. The molecule has 1 aliphatic carbocycles. The molecule has 2 aliphatic rings. The van der Waals surface area contributed by atoms with Gasteiger partial charge in [-0.05, 0) is 85.4 Å². The quantitative estimate of drug-likeness (QED) is 0.683. The van der Waals surface area contributed by atoms with Crippen molar-refractivity contribution >= 4 is 23.8 Å². The molecule has 1 unspecified atom stereocenters. The molecule has 0 radical (unpaired) electrons. The number of carboxylic acid groups (broad SMARTS) is 1. The number of nitrogens with zero attached hydrogens (tertiary/aromatic N) is 2. The van der Waals surface area contributed by atoms with E-state index in [1.54, 1.807) is 0 Å². The van der Waals surface area contributed by atoms with Gasteiger partial charge in [-0.25, -0.2) is 0 Å². The van der Waals surface area contributed by atoms with E-state index in [0.717, 1.165) is 49.2 Å². The molecule has 1 amide bonds. The van der Waals surface area contributed by atoms with Gasteiger partial charge in [0.25, 0.3) is 5.91 Å². The number of carbonyl (C=O) groups excluding carboxylic acids is 1. The van der Waals surface area contributed by atoms with Crippen molar-refractivity contribution in [1.82, 2.24) is 5.01 Å². The zero-order valence-corrected chi connectivity index (χ0v) is 17.7. The number of rotatable bonds is 6. The minimum absolute atomic E-state index is 0.155. The van der Waals surface area contributed by atoms with Gasteiger partial charge in [-0.3, -0.25) is 14.6 Å². The Balaban J connectivity index is 1.37. The Bertz CT molecular complexity index is 962. The Morgan fingerprint density at radius 1 is 1.06 bits per heavy atom. The average Bonchev–Trinajstić information content (AvgIpc) is 2.78. The van der Waals surface area contributed by atoms with E-state index >= 15 is 0 Å². The van der Waals surface area contributed by atoms with E-state index in [-0.39, 0.29) is 18.2 Å². The van der Waals surface area contributed by atoms with Crippen LogP contribution in [0.5, 0.6) is 0 Å². The van der Waals surface area contributed by atoms with Gasteiger partial charge in [-0.1, -0.05) is 18.2 Å². The molecule has 1 atom stereocenters. The van der Waals surface area contributed by atoms with E-state index < -0.39 is 5.97 Å². The van der Waals surface area contributed by atoms with Crippen LogP contribution < -0.4 is 5.32 Å². The topological polar surface area (TPSA) is 82.0 Å². The lowest BCUT2D eigenvalue weighted by Gasteiger charge is -2.24. The number of nitrogens with one attached hydrogen (secondary N) is 1. The molecule has 31 heavy (non-hydrogen) atoms. The molecular formula is C25H29N3O3. The maximum absolute atomic E-state index is 12.7. The maximum atomic E-state index is 12.7. The first kappa shape index (κ1) is 21.1. The van der Waals surface area contributed by atoms with Crippen molar-refractivity contribution < 1.29 is 14.7 Å². The van der Waals surface area contributed by atoms with Gasteiger partial charge >= 0.3 is 5.97 Å². The van der Waals surface area contributed by atoms with Crippen LogP contribution in [0.4, 0.5) is 5.69 Å². The normalized spacial score (nSPS) is 18.6. The van der Waals surface area contributed by atoms with Crippen molar-refractivity contribution in [3.63, 3.8) is 0 Å². The van der Waals surface area contributed by atoms with Crippen molar-refractivity contribution in [3.8, 4) is 0 Å². The molecule has 2 aromatic carbocycles. The molecule has 1 heterocycles. The summed E-state index contributed by atoms with van der Waals surface area (Å²) < 4.78 is 0. The summed E-state index contributed by atoms with van der Waals surface area (Å²) in [4.78, 5) is 23.7. The van der Waals surface area contributed by atoms with Crippen molar-refractivity contribution in [1.29, 1.82) is 0 Å². The highest BCUT2D eigenvalue weighted by atomic mass is 16.4. The molecule has 6 nitrogen and oxygen atoms in total. The smallest absolute Gasteiger partial charge is 0.303 e. The highest BCUT2D eigenvalue weighted by molar-refractivity contribution is 6.04. The van der Waals surface area contributed by atoms with Crippen molar-refractivity contribution in [2.24, 2.45) is 11.0 Å². The number of hydrogen-bond acceptors (Lipinski definition) is 4. The number of carbonyl (C=O) groups is 2. The van der Waals surface area contributed by atoms with Crippen LogP contribution in [-0.4, -0.2) is 41.3 Å². The molecule has 4 rings (SSSR count). The summed E-state index contributed by atoms with van der Waals surface area (Å²) in [5.41, 5.74) is 4.70. The number of fused-ring (bicyclic) bond motifs is 1. The fourth-order valence-electron chi connectivity index (χ4n) is 4.40. The summed E-state index contributed by atoms with van der Waals surface area (Å²) >= 11 is 0. The molecule has 1 aliphatic heterocycles. The van der Waals surface area contributed by atoms with Gasteiger partial charge in [-0.15, -0.1) is 0 Å². The predicted molar refractivity (Wildman–Crippen MR) is 122 cm³/mol. The van der Waals surface area contributed by atoms with Crippen LogP contribution in [0.3, 0.4) is 0 Å². The number of anilines is 1. The first-order chi connectivity index (χ1) is 15.1. The molecule has 0 saturated carbocycles. The molecule has 2 aromatic rings. The number of hydrazone groups is 1. The van der Waals surface area contributed by atoms with E-state index in [4.69, 9.17) is 5.11 Å². The third-order valence-electron chi connectivity index (χ3n) is 6.13. The van der Waals surface area contributed by atoms with E-state index in [9.17, 15) is 9.59 Å². The lowest BCUT2D eigenvalue weighted by Crippen LogP contribution is -2.24. The van der Waals surface area contributed by atoms with Crippen molar-refractivity contribution in [2.45, 2.75) is 44.9 Å². The minimum atomic E-state index is -0.748. The summed E-state index contributed by atoms with van der Waals surface area (Å²) in [6.07, 6.45) is 8.26. The second-order valence-electron chi connectivity index (χ2n) is 8.53. The molecule has 2 N–H and O–H groups in total. The number of piperidine rings is 1. The Morgan fingerprint density at radius 3 is 2.58 bits per heavy atom. The summed E-state index contributed by atoms with van der Waals surface area (Å²) in [5.74, 6) is -0.741. The van der Waals surface area contributed by atoms with Gasteiger partial charge in [0.15, 0.2) is 0 Å². The molecule has 6 heteroatoms. The highest BCUT2D eigenvalue weighted by Crippen LogP contribution is 2.29. The van der Waals surface area contributed by atoms with Crippen molar-refractivity contribution in [2.75, 3.05) is 18.4 Å². The second kappa shape index (κ2) is 9.77. The van der Waals surface area contributed by atoms with Crippen LogP contribution in [0.2, 0.25) is 0 Å². The number of hydrogen-bond donors (Lipinski definition) is 2. The predicted octanol–water partition coefficient (Wildman–Crippen LogP) is 4.34. The number of carboxylic acids is 1. The number of amides is 1. The Kier molecular flexibility index (Phi) is 6.65. The molecule has 0 aromatic heterocycles. The summed E-state index contributed by atoms with van der Waals surface area (Å²) in [7, 11) is 0. The SMILES string of the molecule is O=C(O)CC1CCc2ccc(NC(=O)c3ccc(C=NN4CCCCC4)cc3)cc2C1. The third kappa shape index (κ3) is 5.72. The van der Waals surface area contributed by atoms with Gasteiger partial charge in [0, 0.05) is 30.8 Å². The van der Waals surface area contributed by atoms with Crippen LogP contribution in [0, 0.1) is 5.92 Å². The summed E-state index contributed by atoms with van der Waals surface area (Å²) in [6, 6.07) is 13.4. The van der Waals surface area contributed by atoms with Gasteiger partial charge < -0.3 is 10.4 Å². The van der Waals surface area contributed by atoms with Crippen molar-refractivity contribution in [3.05, 3.63) is 64.7 Å². The lowest BCUT2D eigenvalue weighted by atomic mass is 9.82. The molecular weight excluding hydrogens is 390 g/mol. The number of benzene rings is 2. The van der Waals surface area contributed by atoms with E-state index in [1.165, 1.54) is 24.8 Å². The zero-order chi connectivity index (χ0) is 21.6. The van der Waals surface area contributed by atoms with Gasteiger partial charge in [0.05, 0.1) is 6.21 Å². The minimum Gasteiger partial charge on any atom is -0.481 e. The zero-order valence-electron chi connectivity index (χ0n) is 17.7. The Morgan fingerprint density at radius 2 is 1.84 bits per heavy atom. The first-order valence-corrected chi connectivity index (χ1v) is 11.1. The molecule has 0 spiro atoms. The van der Waals surface area contributed by atoms with Gasteiger partial charge in [0.1, 0.15) is 0 Å². The second-order valence-corrected chi connectivity index (χ2v) is 8.53. The Labute approximate surface area is 183 Å². The van der Waals surface area contributed by atoms with Gasteiger partial charge in [0.2, 0.25) is 0 Å². The van der Waals surface area contributed by atoms with Crippen LogP contribution in [-0.2, 0) is 17.6 Å². The largest absolute Gasteiger partial charge is 0.481 e.